The zero-order valence-electron chi connectivity index (χ0n) is 12.0. The van der Waals surface area contributed by atoms with Crippen molar-refractivity contribution >= 4 is 28.8 Å². The van der Waals surface area contributed by atoms with E-state index in [1.165, 1.54) is 6.21 Å². The molecule has 23 heavy (non-hydrogen) atoms. The number of aromatic nitrogens is 1. The van der Waals surface area contributed by atoms with Gasteiger partial charge >= 0.3 is 0 Å². The second-order valence-corrected chi connectivity index (χ2v) is 5.16. The third kappa shape index (κ3) is 2.10. The molecule has 4 rings (SSSR count). The van der Waals surface area contributed by atoms with Gasteiger partial charge in [-0.2, -0.15) is 10.1 Å². The number of nitrogens with zero attached hydrogens (tertiary/aromatic N) is 3. The molecule has 0 atom stereocenters. The van der Waals surface area contributed by atoms with Crippen LogP contribution in [0, 0.1) is 0 Å². The van der Waals surface area contributed by atoms with E-state index in [1.54, 1.807) is 48.8 Å². The standard InChI is InChI=1S/C18H11N3O2/c22-17-14-7-1-5-13-6-2-8-15(16(13)14)18(23)21(17)20-11-12-4-3-9-19-10-12/h1-11H/b20-11-. The van der Waals surface area contributed by atoms with Gasteiger partial charge < -0.3 is 0 Å². The highest BCUT2D eigenvalue weighted by molar-refractivity contribution is 6.25. The molecular weight excluding hydrogens is 290 g/mol. The fourth-order valence-electron chi connectivity index (χ4n) is 2.70. The molecule has 0 radical (unpaired) electrons. The number of carbonyl (C=O) groups excluding carboxylic acids is 2. The van der Waals surface area contributed by atoms with Crippen molar-refractivity contribution < 1.29 is 9.59 Å². The van der Waals surface area contributed by atoms with Crippen LogP contribution in [-0.2, 0) is 0 Å². The van der Waals surface area contributed by atoms with Gasteiger partial charge in [-0.1, -0.05) is 30.3 Å². The second-order valence-electron chi connectivity index (χ2n) is 5.16. The summed E-state index contributed by atoms with van der Waals surface area (Å²) in [6.45, 7) is 0. The Balaban J connectivity index is 1.82. The summed E-state index contributed by atoms with van der Waals surface area (Å²) in [6.07, 6.45) is 4.71. The van der Waals surface area contributed by atoms with Gasteiger partial charge in [0.05, 0.1) is 17.3 Å². The lowest BCUT2D eigenvalue weighted by Gasteiger charge is -2.22. The molecular formula is C18H11N3O2. The number of rotatable bonds is 2. The van der Waals surface area contributed by atoms with Crippen molar-refractivity contribution in [1.82, 2.24) is 9.99 Å². The van der Waals surface area contributed by atoms with Crippen molar-refractivity contribution in [2.75, 3.05) is 0 Å². The molecule has 0 unspecified atom stereocenters. The van der Waals surface area contributed by atoms with Crippen LogP contribution in [0.3, 0.4) is 0 Å². The van der Waals surface area contributed by atoms with Gasteiger partial charge in [0, 0.05) is 23.3 Å². The highest BCUT2D eigenvalue weighted by atomic mass is 16.2. The molecule has 3 aromatic rings. The Bertz CT molecular complexity index is 914. The number of benzene rings is 2. The minimum Gasteiger partial charge on any atom is -0.267 e. The summed E-state index contributed by atoms with van der Waals surface area (Å²) in [5.41, 5.74) is 1.69. The number of hydrogen-bond acceptors (Lipinski definition) is 4. The van der Waals surface area contributed by atoms with Crippen LogP contribution in [0.25, 0.3) is 10.8 Å². The smallest absolute Gasteiger partial charge is 0.267 e. The lowest BCUT2D eigenvalue weighted by molar-refractivity contribution is 0.0616. The van der Waals surface area contributed by atoms with Gasteiger partial charge in [0.2, 0.25) is 0 Å². The Hall–Kier alpha value is -3.34. The molecule has 1 aliphatic heterocycles. The zero-order valence-corrected chi connectivity index (χ0v) is 12.0. The van der Waals surface area contributed by atoms with Crippen molar-refractivity contribution in [2.45, 2.75) is 0 Å². The minimum absolute atomic E-state index is 0.417. The van der Waals surface area contributed by atoms with Gasteiger partial charge in [-0.05, 0) is 23.6 Å². The maximum atomic E-state index is 12.6. The molecule has 0 N–H and O–H groups in total. The maximum absolute atomic E-state index is 12.6. The molecule has 2 heterocycles. The Morgan fingerprint density at radius 1 is 0.913 bits per heavy atom. The highest BCUT2D eigenvalue weighted by Crippen LogP contribution is 2.29. The van der Waals surface area contributed by atoms with Crippen LogP contribution in [-0.4, -0.2) is 28.0 Å². The number of hydrogen-bond donors (Lipinski definition) is 0. The molecule has 5 heteroatoms. The van der Waals surface area contributed by atoms with E-state index in [2.05, 4.69) is 10.1 Å². The van der Waals surface area contributed by atoms with Gasteiger partial charge in [-0.15, -0.1) is 0 Å². The zero-order chi connectivity index (χ0) is 15.8. The predicted octanol–water partition coefficient (Wildman–Crippen LogP) is 2.86. The van der Waals surface area contributed by atoms with Crippen LogP contribution in [0.5, 0.6) is 0 Å². The number of carbonyl (C=O) groups is 2. The lowest BCUT2D eigenvalue weighted by atomic mass is 9.95. The number of amides is 2. The SMILES string of the molecule is O=C1c2cccc3cccc(c23)C(=O)N1/N=C\c1cccnc1. The summed E-state index contributed by atoms with van der Waals surface area (Å²) in [5.74, 6) is -0.834. The molecule has 0 spiro atoms. The maximum Gasteiger partial charge on any atom is 0.282 e. The van der Waals surface area contributed by atoms with Gasteiger partial charge in [0.15, 0.2) is 0 Å². The molecule has 0 bridgehead atoms. The summed E-state index contributed by atoms with van der Waals surface area (Å²) >= 11 is 0. The number of pyridine rings is 1. The Morgan fingerprint density at radius 3 is 2.22 bits per heavy atom. The van der Waals surface area contributed by atoms with E-state index in [-0.39, 0.29) is 0 Å². The molecule has 110 valence electrons. The average molecular weight is 301 g/mol. The van der Waals surface area contributed by atoms with Crippen molar-refractivity contribution in [3.63, 3.8) is 0 Å². The molecule has 5 nitrogen and oxygen atoms in total. The summed E-state index contributed by atoms with van der Waals surface area (Å²) in [7, 11) is 0. The first-order valence-electron chi connectivity index (χ1n) is 7.10. The summed E-state index contributed by atoms with van der Waals surface area (Å²) in [4.78, 5) is 29.2. The van der Waals surface area contributed by atoms with E-state index in [0.29, 0.717) is 22.1 Å². The molecule has 2 amide bonds. The summed E-state index contributed by atoms with van der Waals surface area (Å²) < 4.78 is 0. The predicted molar refractivity (Wildman–Crippen MR) is 86.3 cm³/mol. The van der Waals surface area contributed by atoms with E-state index in [1.807, 2.05) is 12.1 Å². The Kier molecular flexibility index (Phi) is 2.98. The van der Waals surface area contributed by atoms with Crippen molar-refractivity contribution in [2.24, 2.45) is 5.10 Å². The van der Waals surface area contributed by atoms with Gasteiger partial charge in [0.25, 0.3) is 11.8 Å². The van der Waals surface area contributed by atoms with Gasteiger partial charge in [-0.3, -0.25) is 14.6 Å². The molecule has 2 aromatic carbocycles. The third-order valence-corrected chi connectivity index (χ3v) is 3.76. The summed E-state index contributed by atoms with van der Waals surface area (Å²) in [6, 6.07) is 14.4. The van der Waals surface area contributed by atoms with Crippen LogP contribution in [0.2, 0.25) is 0 Å². The van der Waals surface area contributed by atoms with Crippen molar-refractivity contribution in [3.05, 3.63) is 77.6 Å². The molecule has 0 saturated heterocycles. The highest BCUT2D eigenvalue weighted by Gasteiger charge is 2.32. The topological polar surface area (TPSA) is 62.6 Å². The van der Waals surface area contributed by atoms with Crippen LogP contribution >= 0.6 is 0 Å². The van der Waals surface area contributed by atoms with Gasteiger partial charge in [-0.25, -0.2) is 0 Å². The monoisotopic (exact) mass is 301 g/mol. The normalized spacial score (nSPS) is 14.0. The van der Waals surface area contributed by atoms with Crippen molar-refractivity contribution in [3.8, 4) is 0 Å². The van der Waals surface area contributed by atoms with Crippen LogP contribution in [0.1, 0.15) is 26.3 Å². The van der Waals surface area contributed by atoms with Crippen LogP contribution < -0.4 is 0 Å². The average Bonchev–Trinajstić information content (AvgIpc) is 2.60. The van der Waals surface area contributed by atoms with E-state index < -0.39 is 11.8 Å². The summed E-state index contributed by atoms with van der Waals surface area (Å²) in [5, 5.41) is 6.54. The molecule has 0 aliphatic carbocycles. The first kappa shape index (κ1) is 13.3. The molecule has 1 aromatic heterocycles. The number of hydrazone groups is 1. The fourth-order valence-corrected chi connectivity index (χ4v) is 2.70. The van der Waals surface area contributed by atoms with Crippen LogP contribution in [0.15, 0.2) is 66.0 Å². The third-order valence-electron chi connectivity index (χ3n) is 3.76. The minimum atomic E-state index is -0.417. The lowest BCUT2D eigenvalue weighted by Crippen LogP contribution is -2.36. The first-order chi connectivity index (χ1) is 11.3. The fraction of sp³-hybridized carbons (Fsp3) is 0. The van der Waals surface area contributed by atoms with Crippen molar-refractivity contribution in [1.29, 1.82) is 0 Å². The molecule has 0 fully saturated rings. The van der Waals surface area contributed by atoms with E-state index >= 15 is 0 Å². The quantitative estimate of drug-likeness (QED) is 0.540. The van der Waals surface area contributed by atoms with E-state index in [4.69, 9.17) is 0 Å². The second kappa shape index (κ2) is 5.14. The largest absolute Gasteiger partial charge is 0.282 e. The first-order valence-corrected chi connectivity index (χ1v) is 7.10. The molecule has 0 saturated carbocycles. The van der Waals surface area contributed by atoms with E-state index in [9.17, 15) is 9.59 Å². The number of imide groups is 1. The Morgan fingerprint density at radius 2 is 1.61 bits per heavy atom. The van der Waals surface area contributed by atoms with E-state index in [0.717, 1.165) is 10.4 Å². The van der Waals surface area contributed by atoms with Gasteiger partial charge in [0.1, 0.15) is 0 Å². The Labute approximate surface area is 131 Å². The van der Waals surface area contributed by atoms with Crippen LogP contribution in [0.4, 0.5) is 0 Å². The molecule has 1 aliphatic rings.